The number of nitrogens with zero attached hydrogens (tertiary/aromatic N) is 1. The number of halogens is 1. The molecule has 6 heteroatoms. The van der Waals surface area contributed by atoms with Crippen LogP contribution in [0.3, 0.4) is 0 Å². The van der Waals surface area contributed by atoms with E-state index in [9.17, 15) is 9.59 Å². The maximum absolute atomic E-state index is 12.2. The second-order valence-corrected chi connectivity index (χ2v) is 5.74. The zero-order chi connectivity index (χ0) is 14.3. The Kier molecular flexibility index (Phi) is 3.30. The SMILES string of the molecule is O=C1Nc2cc(Cl)ccc2C1C1CCN(C(=O)O)CC1. The Morgan fingerprint density at radius 3 is 2.70 bits per heavy atom. The predicted octanol–water partition coefficient (Wildman–Crippen LogP) is 2.77. The van der Waals surface area contributed by atoms with Crippen molar-refractivity contribution in [3.05, 3.63) is 28.8 Å². The molecule has 1 unspecified atom stereocenters. The fourth-order valence-corrected chi connectivity index (χ4v) is 3.32. The van der Waals surface area contributed by atoms with Crippen molar-refractivity contribution in [2.24, 2.45) is 5.92 Å². The summed E-state index contributed by atoms with van der Waals surface area (Å²) in [6.07, 6.45) is 0.547. The molecule has 0 aliphatic carbocycles. The zero-order valence-electron chi connectivity index (χ0n) is 10.8. The number of hydrogen-bond donors (Lipinski definition) is 2. The van der Waals surface area contributed by atoms with Gasteiger partial charge in [-0.05, 0) is 36.5 Å². The zero-order valence-corrected chi connectivity index (χ0v) is 11.6. The van der Waals surface area contributed by atoms with E-state index < -0.39 is 6.09 Å². The highest BCUT2D eigenvalue weighted by Gasteiger charge is 2.38. The van der Waals surface area contributed by atoms with E-state index in [0.717, 1.165) is 11.3 Å². The summed E-state index contributed by atoms with van der Waals surface area (Å²) < 4.78 is 0. The topological polar surface area (TPSA) is 69.6 Å². The smallest absolute Gasteiger partial charge is 0.407 e. The van der Waals surface area contributed by atoms with E-state index in [4.69, 9.17) is 16.7 Å². The minimum Gasteiger partial charge on any atom is -0.465 e. The third-order valence-electron chi connectivity index (χ3n) is 4.17. The molecule has 2 N–H and O–H groups in total. The third kappa shape index (κ3) is 2.22. The van der Waals surface area contributed by atoms with Gasteiger partial charge in [0.05, 0.1) is 5.92 Å². The van der Waals surface area contributed by atoms with Crippen LogP contribution in [0.25, 0.3) is 0 Å². The summed E-state index contributed by atoms with van der Waals surface area (Å²) >= 11 is 5.94. The number of piperidine rings is 1. The molecule has 0 saturated carbocycles. The molecule has 1 aromatic carbocycles. The van der Waals surface area contributed by atoms with Crippen LogP contribution in [0.15, 0.2) is 18.2 Å². The van der Waals surface area contributed by atoms with Gasteiger partial charge in [-0.1, -0.05) is 17.7 Å². The predicted molar refractivity (Wildman–Crippen MR) is 75.1 cm³/mol. The molecule has 106 valence electrons. The molecule has 1 atom stereocenters. The number of carbonyl (C=O) groups excluding carboxylic acids is 1. The van der Waals surface area contributed by atoms with Crippen molar-refractivity contribution in [1.29, 1.82) is 0 Å². The average Bonchev–Trinajstić information content (AvgIpc) is 2.73. The van der Waals surface area contributed by atoms with Crippen molar-refractivity contribution in [2.45, 2.75) is 18.8 Å². The molecule has 0 bridgehead atoms. The van der Waals surface area contributed by atoms with Gasteiger partial charge in [-0.3, -0.25) is 4.79 Å². The van der Waals surface area contributed by atoms with Crippen molar-refractivity contribution in [3.8, 4) is 0 Å². The fourth-order valence-electron chi connectivity index (χ4n) is 3.15. The summed E-state index contributed by atoms with van der Waals surface area (Å²) in [6, 6.07) is 5.45. The summed E-state index contributed by atoms with van der Waals surface area (Å²) in [5.41, 5.74) is 1.77. The fraction of sp³-hybridized carbons (Fsp3) is 0.429. The molecule has 3 rings (SSSR count). The molecular formula is C14H15ClN2O3. The summed E-state index contributed by atoms with van der Waals surface area (Å²) in [5, 5.41) is 12.4. The summed E-state index contributed by atoms with van der Waals surface area (Å²) in [7, 11) is 0. The van der Waals surface area contributed by atoms with E-state index in [1.807, 2.05) is 6.07 Å². The van der Waals surface area contributed by atoms with Crippen LogP contribution >= 0.6 is 11.6 Å². The van der Waals surface area contributed by atoms with Crippen molar-refractivity contribution in [2.75, 3.05) is 18.4 Å². The number of carboxylic acid groups (broad SMARTS) is 1. The lowest BCUT2D eigenvalue weighted by Crippen LogP contribution is -2.39. The van der Waals surface area contributed by atoms with Gasteiger partial charge in [0.2, 0.25) is 5.91 Å². The van der Waals surface area contributed by atoms with Gasteiger partial charge in [-0.2, -0.15) is 0 Å². The lowest BCUT2D eigenvalue weighted by atomic mass is 9.81. The van der Waals surface area contributed by atoms with Gasteiger partial charge in [0.25, 0.3) is 0 Å². The van der Waals surface area contributed by atoms with Gasteiger partial charge in [0.1, 0.15) is 0 Å². The lowest BCUT2D eigenvalue weighted by Gasteiger charge is -2.32. The Bertz CT molecular complexity index is 568. The molecule has 2 aliphatic heterocycles. The molecule has 1 aromatic rings. The molecule has 20 heavy (non-hydrogen) atoms. The van der Waals surface area contributed by atoms with Crippen LogP contribution in [0.1, 0.15) is 24.3 Å². The Morgan fingerprint density at radius 1 is 1.35 bits per heavy atom. The standard InChI is InChI=1S/C14H15ClN2O3/c15-9-1-2-10-11(7-9)16-13(18)12(10)8-3-5-17(6-4-8)14(19)20/h1-2,7-8,12H,3-6H2,(H,16,18)(H,19,20). The number of nitrogens with one attached hydrogen (secondary N) is 1. The van der Waals surface area contributed by atoms with E-state index in [-0.39, 0.29) is 17.7 Å². The minimum atomic E-state index is -0.883. The van der Waals surface area contributed by atoms with Crippen LogP contribution in [0.5, 0.6) is 0 Å². The maximum Gasteiger partial charge on any atom is 0.407 e. The molecule has 1 saturated heterocycles. The van der Waals surface area contributed by atoms with Gasteiger partial charge in [-0.25, -0.2) is 4.79 Å². The van der Waals surface area contributed by atoms with Gasteiger partial charge in [-0.15, -0.1) is 0 Å². The summed E-state index contributed by atoms with van der Waals surface area (Å²) in [5.74, 6) is 0.00211. The number of carbonyl (C=O) groups is 2. The summed E-state index contributed by atoms with van der Waals surface area (Å²) in [4.78, 5) is 24.5. The average molecular weight is 295 g/mol. The summed E-state index contributed by atoms with van der Waals surface area (Å²) in [6.45, 7) is 0.986. The molecule has 2 amide bonds. The first-order chi connectivity index (χ1) is 9.56. The molecule has 2 aliphatic rings. The number of hydrogen-bond acceptors (Lipinski definition) is 2. The monoisotopic (exact) mass is 294 g/mol. The maximum atomic E-state index is 12.2. The van der Waals surface area contributed by atoms with Crippen molar-refractivity contribution >= 4 is 29.3 Å². The number of rotatable bonds is 1. The normalized spacial score (nSPS) is 22.6. The highest BCUT2D eigenvalue weighted by Crippen LogP contribution is 2.42. The first-order valence-electron chi connectivity index (χ1n) is 6.64. The number of likely N-dealkylation sites (tertiary alicyclic amines) is 1. The molecule has 2 heterocycles. The van der Waals surface area contributed by atoms with Crippen molar-refractivity contribution in [1.82, 2.24) is 4.90 Å². The van der Waals surface area contributed by atoms with Crippen LogP contribution in [-0.4, -0.2) is 35.1 Å². The van der Waals surface area contributed by atoms with Gasteiger partial charge in [0, 0.05) is 23.8 Å². The lowest BCUT2D eigenvalue weighted by molar-refractivity contribution is -0.118. The van der Waals surface area contributed by atoms with Gasteiger partial charge >= 0.3 is 6.09 Å². The molecule has 0 radical (unpaired) electrons. The first kappa shape index (κ1) is 13.2. The minimum absolute atomic E-state index is 0.00367. The number of amides is 2. The Morgan fingerprint density at radius 2 is 2.05 bits per heavy atom. The highest BCUT2D eigenvalue weighted by atomic mass is 35.5. The van der Waals surface area contributed by atoms with E-state index in [1.54, 1.807) is 12.1 Å². The molecular weight excluding hydrogens is 280 g/mol. The van der Waals surface area contributed by atoms with E-state index >= 15 is 0 Å². The Labute approximate surface area is 121 Å². The third-order valence-corrected chi connectivity index (χ3v) is 4.41. The second kappa shape index (κ2) is 4.98. The second-order valence-electron chi connectivity index (χ2n) is 5.31. The van der Waals surface area contributed by atoms with Crippen LogP contribution in [0.4, 0.5) is 10.5 Å². The molecule has 5 nitrogen and oxygen atoms in total. The highest BCUT2D eigenvalue weighted by molar-refractivity contribution is 6.31. The van der Waals surface area contributed by atoms with Crippen molar-refractivity contribution < 1.29 is 14.7 Å². The number of anilines is 1. The van der Waals surface area contributed by atoms with E-state index in [1.165, 1.54) is 4.90 Å². The molecule has 1 fully saturated rings. The van der Waals surface area contributed by atoms with E-state index in [2.05, 4.69) is 5.32 Å². The van der Waals surface area contributed by atoms with Crippen LogP contribution in [0.2, 0.25) is 5.02 Å². The van der Waals surface area contributed by atoms with Crippen molar-refractivity contribution in [3.63, 3.8) is 0 Å². The van der Waals surface area contributed by atoms with Crippen LogP contribution in [0, 0.1) is 5.92 Å². The van der Waals surface area contributed by atoms with E-state index in [0.29, 0.717) is 31.0 Å². The van der Waals surface area contributed by atoms with Gasteiger partial charge in [0.15, 0.2) is 0 Å². The van der Waals surface area contributed by atoms with Crippen LogP contribution in [-0.2, 0) is 4.79 Å². The Balaban J connectivity index is 1.79. The number of fused-ring (bicyclic) bond motifs is 1. The van der Waals surface area contributed by atoms with Crippen LogP contribution < -0.4 is 5.32 Å². The molecule has 0 spiro atoms. The Hall–Kier alpha value is -1.75. The molecule has 0 aromatic heterocycles. The van der Waals surface area contributed by atoms with Gasteiger partial charge < -0.3 is 15.3 Å². The first-order valence-corrected chi connectivity index (χ1v) is 7.02. The number of benzene rings is 1. The quantitative estimate of drug-likeness (QED) is 0.837. The largest absolute Gasteiger partial charge is 0.465 e.